The summed E-state index contributed by atoms with van der Waals surface area (Å²) < 4.78 is 8.52. The minimum absolute atomic E-state index is 0. The summed E-state index contributed by atoms with van der Waals surface area (Å²) in [6, 6.07) is 0. The predicted octanol–water partition coefficient (Wildman–Crippen LogP) is -1.91. The maximum atomic E-state index is 8.52. The Balaban J connectivity index is -0.0000000450. The first kappa shape index (κ1) is 15.7. The van der Waals surface area contributed by atoms with Crippen LogP contribution in [0.3, 0.4) is 0 Å². The smallest absolute Gasteiger partial charge is 0.813 e. The van der Waals surface area contributed by atoms with Crippen molar-refractivity contribution in [3.05, 3.63) is 0 Å². The molecule has 0 saturated heterocycles. The molecule has 0 saturated carbocycles. The molecule has 0 aromatic heterocycles. The summed E-state index contributed by atoms with van der Waals surface area (Å²) in [5, 5.41) is 0. The van der Waals surface area contributed by atoms with Gasteiger partial charge in [-0.25, -0.2) is 0 Å². The van der Waals surface area contributed by atoms with E-state index in [-0.39, 0.29) is 33.6 Å². The molecule has 0 aromatic carbocycles. The predicted molar refractivity (Wildman–Crippen MR) is 9.00 cm³/mol. The summed E-state index contributed by atoms with van der Waals surface area (Å²) >= 11 is 0. The van der Waals surface area contributed by atoms with Crippen molar-refractivity contribution >= 4 is 8.25 Å². The maximum Gasteiger partial charge on any atom is 2.00 e. The van der Waals surface area contributed by atoms with Crippen LogP contribution < -0.4 is 9.79 Å². The van der Waals surface area contributed by atoms with Crippen LogP contribution in [0.15, 0.2) is 0 Å². The van der Waals surface area contributed by atoms with Crippen LogP contribution in [0.5, 0.6) is 0 Å². The molecular weight excluding hydrogens is 194 g/mol. The molecular formula is HFeNiO3P. The van der Waals surface area contributed by atoms with Gasteiger partial charge in [-0.2, -0.15) is 0 Å². The first-order valence-corrected chi connectivity index (χ1v) is 1.84. The SMILES string of the molecule is O=[PH]([O-])[O-].[Fe].[Ni+2]. The third-order valence-electron chi connectivity index (χ3n) is 0. The summed E-state index contributed by atoms with van der Waals surface area (Å²) in [6.07, 6.45) is 0. The van der Waals surface area contributed by atoms with E-state index in [9.17, 15) is 0 Å². The van der Waals surface area contributed by atoms with E-state index in [1.54, 1.807) is 0 Å². The fourth-order valence-electron chi connectivity index (χ4n) is 0. The van der Waals surface area contributed by atoms with Gasteiger partial charge in [-0.05, 0) is 0 Å². The van der Waals surface area contributed by atoms with Crippen LogP contribution in [0.1, 0.15) is 0 Å². The van der Waals surface area contributed by atoms with Crippen molar-refractivity contribution in [2.45, 2.75) is 0 Å². The second-order valence-corrected chi connectivity index (χ2v) is 0.750. The largest absolute Gasteiger partial charge is 2.00 e. The summed E-state index contributed by atoms with van der Waals surface area (Å²) in [5.41, 5.74) is 0. The normalized spacial score (nSPS) is 5.83. The topological polar surface area (TPSA) is 63.2 Å². The maximum absolute atomic E-state index is 8.52. The van der Waals surface area contributed by atoms with Gasteiger partial charge < -0.3 is 14.4 Å². The molecule has 0 bridgehead atoms. The minimum Gasteiger partial charge on any atom is -0.813 e. The molecule has 0 aromatic rings. The van der Waals surface area contributed by atoms with Gasteiger partial charge in [0.05, 0.1) is 0 Å². The molecule has 0 aliphatic rings. The Kier molecular flexibility index (Phi) is 24.8. The van der Waals surface area contributed by atoms with E-state index in [1.165, 1.54) is 0 Å². The molecule has 0 unspecified atom stereocenters. The van der Waals surface area contributed by atoms with Crippen molar-refractivity contribution in [2.75, 3.05) is 0 Å². The Morgan fingerprint density at radius 2 is 1.33 bits per heavy atom. The van der Waals surface area contributed by atoms with Gasteiger partial charge in [-0.3, -0.25) is 0 Å². The zero-order chi connectivity index (χ0) is 3.58. The minimum atomic E-state index is -3.63. The van der Waals surface area contributed by atoms with Crippen molar-refractivity contribution in [3.8, 4) is 0 Å². The van der Waals surface area contributed by atoms with Crippen LogP contribution in [0.4, 0.5) is 0 Å². The van der Waals surface area contributed by atoms with E-state index in [2.05, 4.69) is 0 Å². The molecule has 42 valence electrons. The molecule has 6 heavy (non-hydrogen) atoms. The average Bonchev–Trinajstić information content (AvgIpc) is 0.811. The monoisotopic (exact) mass is 194 g/mol. The van der Waals surface area contributed by atoms with Crippen molar-refractivity contribution in [3.63, 3.8) is 0 Å². The van der Waals surface area contributed by atoms with Crippen LogP contribution in [0.2, 0.25) is 0 Å². The van der Waals surface area contributed by atoms with E-state index < -0.39 is 8.25 Å². The van der Waals surface area contributed by atoms with Gasteiger partial charge in [0.25, 0.3) is 0 Å². The van der Waals surface area contributed by atoms with Gasteiger partial charge in [0.2, 0.25) is 0 Å². The third kappa shape index (κ3) is 66.2. The third-order valence-corrected chi connectivity index (χ3v) is 0. The molecule has 0 heterocycles. The van der Waals surface area contributed by atoms with Crippen molar-refractivity contribution in [1.29, 1.82) is 0 Å². The zero-order valence-electron chi connectivity index (χ0n) is 2.39. The standard InChI is InChI=1S/Fe.Ni.H3O3P/c;;1-4(2)3/h;;4H,(H2,1,2,3)/q;+2;/p-2. The molecule has 0 radical (unpaired) electrons. The van der Waals surface area contributed by atoms with Crippen LogP contribution >= 0.6 is 8.25 Å². The average molecular weight is 195 g/mol. The summed E-state index contributed by atoms with van der Waals surface area (Å²) in [4.78, 5) is 17.0. The van der Waals surface area contributed by atoms with Gasteiger partial charge in [0, 0.05) is 17.1 Å². The summed E-state index contributed by atoms with van der Waals surface area (Å²) in [6.45, 7) is 0. The molecule has 0 atom stereocenters. The first-order chi connectivity index (χ1) is 1.73. The van der Waals surface area contributed by atoms with E-state index in [0.717, 1.165) is 0 Å². The molecule has 3 nitrogen and oxygen atoms in total. The Labute approximate surface area is 56.5 Å². The molecule has 6 heteroatoms. The van der Waals surface area contributed by atoms with E-state index >= 15 is 0 Å². The van der Waals surface area contributed by atoms with Crippen LogP contribution in [0.25, 0.3) is 0 Å². The second kappa shape index (κ2) is 9.48. The molecule has 0 rings (SSSR count). The van der Waals surface area contributed by atoms with Gasteiger partial charge >= 0.3 is 16.5 Å². The van der Waals surface area contributed by atoms with Gasteiger partial charge in [0.15, 0.2) is 0 Å². The van der Waals surface area contributed by atoms with Crippen molar-refractivity contribution < 1.29 is 47.9 Å². The Hall–Kier alpha value is 1.16. The molecule has 0 amide bonds. The Bertz CT molecular complexity index is 33.8. The van der Waals surface area contributed by atoms with Crippen LogP contribution in [-0.4, -0.2) is 0 Å². The van der Waals surface area contributed by atoms with Crippen LogP contribution in [-0.2, 0) is 38.1 Å². The van der Waals surface area contributed by atoms with Crippen molar-refractivity contribution in [1.82, 2.24) is 0 Å². The molecule has 0 spiro atoms. The van der Waals surface area contributed by atoms with Crippen molar-refractivity contribution in [2.24, 2.45) is 0 Å². The number of rotatable bonds is 0. The summed E-state index contributed by atoms with van der Waals surface area (Å²) in [7, 11) is -3.63. The molecule has 0 fully saturated rings. The van der Waals surface area contributed by atoms with E-state index in [4.69, 9.17) is 14.4 Å². The summed E-state index contributed by atoms with van der Waals surface area (Å²) in [5.74, 6) is 0. The quantitative estimate of drug-likeness (QED) is 0.334. The van der Waals surface area contributed by atoms with Gasteiger partial charge in [-0.1, -0.05) is 8.25 Å². The van der Waals surface area contributed by atoms with Crippen LogP contribution in [0, 0.1) is 0 Å². The number of hydrogen-bond acceptors (Lipinski definition) is 3. The van der Waals surface area contributed by atoms with Gasteiger partial charge in [0.1, 0.15) is 0 Å². The fraction of sp³-hybridized carbons (Fsp3) is 0. The second-order valence-electron chi connectivity index (χ2n) is 0.250. The Morgan fingerprint density at radius 3 is 1.33 bits per heavy atom. The molecule has 0 aliphatic heterocycles. The number of hydrogen-bond donors (Lipinski definition) is 0. The zero-order valence-corrected chi connectivity index (χ0v) is 5.49. The first-order valence-electron chi connectivity index (χ1n) is 0.612. The van der Waals surface area contributed by atoms with E-state index in [0.29, 0.717) is 0 Å². The fourth-order valence-corrected chi connectivity index (χ4v) is 0. The Morgan fingerprint density at radius 1 is 1.33 bits per heavy atom. The van der Waals surface area contributed by atoms with E-state index in [1.807, 2.05) is 0 Å². The van der Waals surface area contributed by atoms with Gasteiger partial charge in [-0.15, -0.1) is 0 Å². The molecule has 0 N–H and O–H groups in total. The molecule has 0 aliphatic carbocycles.